The summed E-state index contributed by atoms with van der Waals surface area (Å²) < 4.78 is 43.9. The fraction of sp³-hybridized carbons (Fsp3) is 0.680. The number of carbonyl (C=O) groups excluding carboxylic acids is 2. The van der Waals surface area contributed by atoms with Crippen molar-refractivity contribution in [3.05, 3.63) is 23.8 Å². The molecule has 1 aromatic rings. The van der Waals surface area contributed by atoms with Gasteiger partial charge in [0.15, 0.2) is 0 Å². The second-order valence-corrected chi connectivity index (χ2v) is 11.8. The minimum absolute atomic E-state index is 0.0333. The Labute approximate surface area is 218 Å². The molecule has 2 amide bonds. The summed E-state index contributed by atoms with van der Waals surface area (Å²) in [7, 11) is -1.74. The molecule has 3 heterocycles. The highest BCUT2D eigenvalue weighted by Crippen LogP contribution is 2.32. The highest BCUT2D eigenvalue weighted by Gasteiger charge is 2.39. The molecule has 12 heteroatoms. The van der Waals surface area contributed by atoms with Crippen LogP contribution in [0.1, 0.15) is 43.0 Å². The molecule has 2 N–H and O–H groups in total. The number of amides is 2. The van der Waals surface area contributed by atoms with E-state index in [2.05, 4.69) is 14.9 Å². The van der Waals surface area contributed by atoms with Gasteiger partial charge in [0.1, 0.15) is 18.5 Å². The molecule has 0 aliphatic carbocycles. The third-order valence-electron chi connectivity index (χ3n) is 7.16. The molecule has 0 saturated carbocycles. The Morgan fingerprint density at radius 1 is 1.19 bits per heavy atom. The molecule has 0 bridgehead atoms. The Bertz CT molecular complexity index is 1060. The lowest BCUT2D eigenvalue weighted by Crippen LogP contribution is -2.54. The minimum Gasteiger partial charge on any atom is -0.490 e. The molecular weight excluding hydrogens is 500 g/mol. The molecule has 1 aromatic carbocycles. The van der Waals surface area contributed by atoms with Crippen molar-refractivity contribution in [1.82, 2.24) is 15.1 Å². The van der Waals surface area contributed by atoms with Gasteiger partial charge in [0.25, 0.3) is 5.91 Å². The molecule has 0 unspecified atom stereocenters. The van der Waals surface area contributed by atoms with E-state index in [-0.39, 0.29) is 48.8 Å². The van der Waals surface area contributed by atoms with Crippen LogP contribution < -0.4 is 14.8 Å². The molecule has 4 rings (SSSR count). The number of fused-ring (bicyclic) bond motifs is 2. The van der Waals surface area contributed by atoms with Gasteiger partial charge < -0.3 is 24.4 Å². The van der Waals surface area contributed by atoms with Crippen LogP contribution in [-0.2, 0) is 24.3 Å². The fourth-order valence-electron chi connectivity index (χ4n) is 4.98. The van der Waals surface area contributed by atoms with Gasteiger partial charge in [-0.2, -0.15) is 0 Å². The molecule has 3 atom stereocenters. The summed E-state index contributed by atoms with van der Waals surface area (Å²) in [6.07, 6.45) is 1.90. The predicted molar refractivity (Wildman–Crippen MR) is 138 cm³/mol. The first-order chi connectivity index (χ1) is 17.8. The average Bonchev–Trinajstić information content (AvgIpc) is 2.89. The van der Waals surface area contributed by atoms with Crippen LogP contribution >= 0.6 is 0 Å². The number of nitrogens with one attached hydrogen (secondary N) is 2. The zero-order valence-corrected chi connectivity index (χ0v) is 22.4. The monoisotopic (exact) mass is 538 g/mol. The van der Waals surface area contributed by atoms with E-state index in [9.17, 15) is 18.0 Å². The first kappa shape index (κ1) is 27.6. The summed E-state index contributed by atoms with van der Waals surface area (Å²) in [4.78, 5) is 29.8. The van der Waals surface area contributed by atoms with Crippen LogP contribution in [0.2, 0.25) is 0 Å². The lowest BCUT2D eigenvalue weighted by atomic mass is 9.94. The summed E-state index contributed by atoms with van der Waals surface area (Å²) in [5.41, 5.74) is 0.620. The minimum atomic E-state index is -3.47. The third-order valence-corrected chi connectivity index (χ3v) is 8.46. The third kappa shape index (κ3) is 7.34. The molecule has 0 spiro atoms. The predicted octanol–water partition coefficient (Wildman–Crippen LogP) is 1.06. The lowest BCUT2D eigenvalue weighted by molar-refractivity contribution is -0.134. The van der Waals surface area contributed by atoms with Gasteiger partial charge in [-0.25, -0.2) is 8.42 Å². The van der Waals surface area contributed by atoms with E-state index in [1.165, 1.54) is 6.07 Å². The van der Waals surface area contributed by atoms with Crippen LogP contribution in [0.25, 0.3) is 0 Å². The quantitative estimate of drug-likeness (QED) is 0.447. The van der Waals surface area contributed by atoms with Gasteiger partial charge in [-0.3, -0.25) is 19.2 Å². The SMILES string of the molecule is CCS(=O)(=O)Nc1ccc2c(c1)C(=O)N(C)[C@H]1CC[C@H](CC(=O)NCCCN3CCOCC3)O[C@H]1CO2. The molecule has 37 heavy (non-hydrogen) atoms. The van der Waals surface area contributed by atoms with E-state index in [1.54, 1.807) is 31.0 Å². The van der Waals surface area contributed by atoms with Crippen LogP contribution in [0.4, 0.5) is 5.69 Å². The van der Waals surface area contributed by atoms with Crippen LogP contribution in [-0.4, -0.2) is 107 Å². The number of benzene rings is 1. The van der Waals surface area contributed by atoms with E-state index < -0.39 is 10.0 Å². The number of hydrogen-bond acceptors (Lipinski definition) is 8. The Hall–Kier alpha value is -2.41. The molecule has 3 aliphatic rings. The second kappa shape index (κ2) is 12.4. The standard InChI is InChI=1S/C25H38N4O7S/c1-3-37(32,33)27-18-5-8-22-20(15-18)25(31)28(2)21-7-6-19(36-23(21)17-35-22)16-24(30)26-9-4-10-29-11-13-34-14-12-29/h5,8,15,19,21,23,27H,3-4,6-7,9-14,16-17H2,1-2H3,(H,26,30)/t19-,21+,23+/m1/s1. The number of nitrogens with zero attached hydrogens (tertiary/aromatic N) is 2. The molecule has 0 aromatic heterocycles. The van der Waals surface area contributed by atoms with E-state index >= 15 is 0 Å². The summed E-state index contributed by atoms with van der Waals surface area (Å²) in [5.74, 6) is 0.0122. The smallest absolute Gasteiger partial charge is 0.257 e. The molecular formula is C25H38N4O7S. The molecule has 0 radical (unpaired) electrons. The Balaban J connectivity index is 1.30. The van der Waals surface area contributed by atoms with Gasteiger partial charge in [-0.15, -0.1) is 0 Å². The Morgan fingerprint density at radius 2 is 1.97 bits per heavy atom. The first-order valence-corrected chi connectivity index (χ1v) is 14.7. The van der Waals surface area contributed by atoms with Crippen LogP contribution in [0.15, 0.2) is 18.2 Å². The van der Waals surface area contributed by atoms with Crippen molar-refractivity contribution in [2.24, 2.45) is 0 Å². The molecule has 3 aliphatic heterocycles. The van der Waals surface area contributed by atoms with Gasteiger partial charge in [0.05, 0.1) is 43.1 Å². The van der Waals surface area contributed by atoms with Crippen molar-refractivity contribution in [3.8, 4) is 5.75 Å². The summed E-state index contributed by atoms with van der Waals surface area (Å²) in [5, 5.41) is 3.00. The highest BCUT2D eigenvalue weighted by molar-refractivity contribution is 7.92. The van der Waals surface area contributed by atoms with Crippen molar-refractivity contribution in [2.45, 2.75) is 50.9 Å². The van der Waals surface area contributed by atoms with Crippen molar-refractivity contribution in [1.29, 1.82) is 0 Å². The average molecular weight is 539 g/mol. The van der Waals surface area contributed by atoms with Gasteiger partial charge in [0, 0.05) is 32.4 Å². The Kier molecular flexibility index (Phi) is 9.27. The molecule has 2 fully saturated rings. The maximum atomic E-state index is 13.3. The van der Waals surface area contributed by atoms with Gasteiger partial charge >= 0.3 is 0 Å². The van der Waals surface area contributed by atoms with Crippen molar-refractivity contribution in [2.75, 3.05) is 63.5 Å². The van der Waals surface area contributed by atoms with Crippen molar-refractivity contribution < 1.29 is 32.2 Å². The molecule has 206 valence electrons. The maximum Gasteiger partial charge on any atom is 0.257 e. The van der Waals surface area contributed by atoms with Gasteiger partial charge in [0.2, 0.25) is 15.9 Å². The number of hydrogen-bond donors (Lipinski definition) is 2. The Morgan fingerprint density at radius 3 is 2.73 bits per heavy atom. The number of anilines is 1. The number of carbonyl (C=O) groups is 2. The largest absolute Gasteiger partial charge is 0.490 e. The fourth-order valence-corrected chi connectivity index (χ4v) is 5.61. The number of morpholine rings is 1. The zero-order valence-electron chi connectivity index (χ0n) is 21.6. The summed E-state index contributed by atoms with van der Waals surface area (Å²) in [6, 6.07) is 4.48. The van der Waals surface area contributed by atoms with E-state index in [4.69, 9.17) is 14.2 Å². The lowest BCUT2D eigenvalue weighted by Gasteiger charge is -2.42. The number of sulfonamides is 1. The number of likely N-dealkylation sites (N-methyl/N-ethyl adjacent to an activating group) is 1. The topological polar surface area (TPSA) is 127 Å². The number of ether oxygens (including phenoxy) is 3. The van der Waals surface area contributed by atoms with Gasteiger partial charge in [-0.05, 0) is 50.9 Å². The highest BCUT2D eigenvalue weighted by atomic mass is 32.2. The van der Waals surface area contributed by atoms with E-state index in [1.807, 2.05) is 0 Å². The maximum absolute atomic E-state index is 13.3. The van der Waals surface area contributed by atoms with Gasteiger partial charge in [-0.1, -0.05) is 0 Å². The normalized spacial score (nSPS) is 24.8. The zero-order chi connectivity index (χ0) is 26.4. The molecule has 11 nitrogen and oxygen atoms in total. The first-order valence-electron chi connectivity index (χ1n) is 13.0. The van der Waals surface area contributed by atoms with E-state index in [0.29, 0.717) is 36.4 Å². The van der Waals surface area contributed by atoms with Crippen molar-refractivity contribution in [3.63, 3.8) is 0 Å². The van der Waals surface area contributed by atoms with E-state index in [0.717, 1.165) is 39.3 Å². The van der Waals surface area contributed by atoms with Crippen LogP contribution in [0, 0.1) is 0 Å². The summed E-state index contributed by atoms with van der Waals surface area (Å²) in [6.45, 7) is 6.76. The van der Waals surface area contributed by atoms with Crippen LogP contribution in [0.3, 0.4) is 0 Å². The van der Waals surface area contributed by atoms with Crippen molar-refractivity contribution >= 4 is 27.5 Å². The number of rotatable bonds is 9. The van der Waals surface area contributed by atoms with Crippen LogP contribution in [0.5, 0.6) is 5.75 Å². The molecule has 2 saturated heterocycles. The summed E-state index contributed by atoms with van der Waals surface area (Å²) >= 11 is 0. The second-order valence-electron chi connectivity index (χ2n) is 9.75.